The third-order valence-electron chi connectivity index (χ3n) is 2.13. The molecule has 6 heteroatoms. The number of nitrogens with one attached hydrogen (secondary N) is 1. The van der Waals surface area contributed by atoms with Crippen molar-refractivity contribution in [2.45, 2.75) is 6.92 Å². The Morgan fingerprint density at radius 3 is 2.88 bits per heavy atom. The lowest BCUT2D eigenvalue weighted by Gasteiger charge is -2.06. The predicted molar refractivity (Wildman–Crippen MR) is 67.3 cm³/mol. The number of aromatic hydroxyl groups is 1. The highest BCUT2D eigenvalue weighted by Crippen LogP contribution is 2.23. The third kappa shape index (κ3) is 2.54. The summed E-state index contributed by atoms with van der Waals surface area (Å²) in [5, 5.41) is 14.3. The SMILES string of the molecule is Cc1nc(C(=O)Nc2ccc(O)cc2N)cs1. The molecular formula is C11H11N3O2S. The van der Waals surface area contributed by atoms with E-state index in [0.717, 1.165) is 5.01 Å². The Balaban J connectivity index is 2.18. The molecule has 0 bridgehead atoms. The van der Waals surface area contributed by atoms with Gasteiger partial charge in [0.25, 0.3) is 5.91 Å². The number of aromatic nitrogens is 1. The van der Waals surface area contributed by atoms with Gasteiger partial charge in [-0.1, -0.05) is 0 Å². The number of nitrogens with zero attached hydrogens (tertiary/aromatic N) is 1. The first kappa shape index (κ1) is 11.4. The number of anilines is 2. The zero-order valence-corrected chi connectivity index (χ0v) is 9.91. The van der Waals surface area contributed by atoms with Crippen molar-refractivity contribution in [3.63, 3.8) is 0 Å². The van der Waals surface area contributed by atoms with Crippen LogP contribution in [0.2, 0.25) is 0 Å². The van der Waals surface area contributed by atoms with Crippen molar-refractivity contribution in [3.8, 4) is 5.75 Å². The molecule has 0 aliphatic heterocycles. The van der Waals surface area contributed by atoms with E-state index in [0.29, 0.717) is 17.1 Å². The average molecular weight is 249 g/mol. The first-order valence-corrected chi connectivity index (χ1v) is 5.76. The fraction of sp³-hybridized carbons (Fsp3) is 0.0909. The molecule has 0 unspecified atom stereocenters. The molecule has 0 atom stereocenters. The predicted octanol–water partition coefficient (Wildman–Crippen LogP) is 1.99. The van der Waals surface area contributed by atoms with Crippen LogP contribution in [0.4, 0.5) is 11.4 Å². The van der Waals surface area contributed by atoms with E-state index in [9.17, 15) is 9.90 Å². The van der Waals surface area contributed by atoms with Gasteiger partial charge in [-0.25, -0.2) is 4.98 Å². The zero-order valence-electron chi connectivity index (χ0n) is 9.10. The van der Waals surface area contributed by atoms with E-state index >= 15 is 0 Å². The van der Waals surface area contributed by atoms with Crippen LogP contribution in [0, 0.1) is 6.92 Å². The molecule has 0 radical (unpaired) electrons. The van der Waals surface area contributed by atoms with Crippen molar-refractivity contribution >= 4 is 28.6 Å². The van der Waals surface area contributed by atoms with Crippen LogP contribution in [0.1, 0.15) is 15.5 Å². The Morgan fingerprint density at radius 1 is 1.53 bits per heavy atom. The van der Waals surface area contributed by atoms with Crippen molar-refractivity contribution in [2.24, 2.45) is 0 Å². The minimum Gasteiger partial charge on any atom is -0.508 e. The molecule has 0 spiro atoms. The van der Waals surface area contributed by atoms with Crippen LogP contribution in [-0.2, 0) is 0 Å². The minimum absolute atomic E-state index is 0.0602. The lowest BCUT2D eigenvalue weighted by Crippen LogP contribution is -2.13. The van der Waals surface area contributed by atoms with Gasteiger partial charge in [-0.2, -0.15) is 0 Å². The Labute approximate surface area is 102 Å². The highest BCUT2D eigenvalue weighted by Gasteiger charge is 2.11. The molecule has 17 heavy (non-hydrogen) atoms. The van der Waals surface area contributed by atoms with E-state index in [4.69, 9.17) is 5.73 Å². The molecule has 1 amide bonds. The molecule has 0 aliphatic carbocycles. The van der Waals surface area contributed by atoms with Crippen molar-refractivity contribution in [3.05, 3.63) is 34.3 Å². The van der Waals surface area contributed by atoms with E-state index in [1.165, 1.54) is 23.5 Å². The molecule has 0 saturated heterocycles. The highest BCUT2D eigenvalue weighted by molar-refractivity contribution is 7.09. The Bertz CT molecular complexity index is 566. The van der Waals surface area contributed by atoms with Crippen molar-refractivity contribution in [2.75, 3.05) is 11.1 Å². The van der Waals surface area contributed by atoms with Gasteiger partial charge < -0.3 is 16.2 Å². The number of nitrogen functional groups attached to an aromatic ring is 1. The summed E-state index contributed by atoms with van der Waals surface area (Å²) in [5.74, 6) is -0.253. The Kier molecular flexibility index (Phi) is 2.97. The fourth-order valence-electron chi connectivity index (χ4n) is 1.32. The smallest absolute Gasteiger partial charge is 0.275 e. The van der Waals surface area contributed by atoms with Crippen LogP contribution in [0.3, 0.4) is 0 Å². The third-order valence-corrected chi connectivity index (χ3v) is 2.91. The quantitative estimate of drug-likeness (QED) is 0.561. The largest absolute Gasteiger partial charge is 0.508 e. The second-order valence-corrected chi connectivity index (χ2v) is 4.54. The van der Waals surface area contributed by atoms with E-state index in [1.807, 2.05) is 6.92 Å². The summed E-state index contributed by atoms with van der Waals surface area (Å²) in [6, 6.07) is 4.38. The zero-order chi connectivity index (χ0) is 12.4. The molecule has 1 heterocycles. The lowest BCUT2D eigenvalue weighted by atomic mass is 10.2. The van der Waals surface area contributed by atoms with E-state index in [-0.39, 0.29) is 11.7 Å². The number of carbonyl (C=O) groups is 1. The number of hydrogen-bond donors (Lipinski definition) is 3. The van der Waals surface area contributed by atoms with Crippen LogP contribution < -0.4 is 11.1 Å². The van der Waals surface area contributed by atoms with Crippen LogP contribution in [0.5, 0.6) is 5.75 Å². The summed E-state index contributed by atoms with van der Waals surface area (Å²) in [6.45, 7) is 1.83. The summed E-state index contributed by atoms with van der Waals surface area (Å²) in [5.41, 5.74) is 6.79. The normalized spacial score (nSPS) is 10.2. The van der Waals surface area contributed by atoms with Gasteiger partial charge in [-0.05, 0) is 19.1 Å². The number of carbonyl (C=O) groups excluding carboxylic acids is 1. The summed E-state index contributed by atoms with van der Waals surface area (Å²) < 4.78 is 0. The van der Waals surface area contributed by atoms with E-state index in [2.05, 4.69) is 10.3 Å². The molecule has 0 saturated carbocycles. The van der Waals surface area contributed by atoms with Crippen molar-refractivity contribution < 1.29 is 9.90 Å². The van der Waals surface area contributed by atoms with Crippen molar-refractivity contribution in [1.82, 2.24) is 4.98 Å². The summed E-state index contributed by atoms with van der Waals surface area (Å²) in [7, 11) is 0. The molecule has 2 rings (SSSR count). The number of rotatable bonds is 2. The second-order valence-electron chi connectivity index (χ2n) is 3.48. The molecule has 1 aromatic carbocycles. The minimum atomic E-state index is -0.313. The number of nitrogens with two attached hydrogens (primary N) is 1. The maximum atomic E-state index is 11.8. The number of amides is 1. The number of aryl methyl sites for hydroxylation is 1. The summed E-state index contributed by atoms with van der Waals surface area (Å²) >= 11 is 1.41. The summed E-state index contributed by atoms with van der Waals surface area (Å²) in [6.07, 6.45) is 0. The topological polar surface area (TPSA) is 88.2 Å². The number of hydrogen-bond acceptors (Lipinski definition) is 5. The van der Waals surface area contributed by atoms with Gasteiger partial charge in [0, 0.05) is 11.4 Å². The first-order chi connectivity index (χ1) is 8.06. The number of thiazole rings is 1. The van der Waals surface area contributed by atoms with Gasteiger partial charge >= 0.3 is 0 Å². The molecule has 5 nitrogen and oxygen atoms in total. The number of phenols is 1. The molecule has 4 N–H and O–H groups in total. The van der Waals surface area contributed by atoms with Crippen LogP contribution >= 0.6 is 11.3 Å². The Morgan fingerprint density at radius 2 is 2.29 bits per heavy atom. The number of phenolic OH excluding ortho intramolecular Hbond substituents is 1. The van der Waals surface area contributed by atoms with Gasteiger partial charge in [0.15, 0.2) is 0 Å². The number of benzene rings is 1. The van der Waals surface area contributed by atoms with E-state index in [1.54, 1.807) is 11.4 Å². The molecule has 0 aliphatic rings. The average Bonchev–Trinajstić information content (AvgIpc) is 2.69. The molecule has 88 valence electrons. The van der Waals surface area contributed by atoms with Gasteiger partial charge in [0.1, 0.15) is 11.4 Å². The highest BCUT2D eigenvalue weighted by atomic mass is 32.1. The molecule has 2 aromatic rings. The molecule has 0 fully saturated rings. The maximum absolute atomic E-state index is 11.8. The van der Waals surface area contributed by atoms with Gasteiger partial charge in [-0.3, -0.25) is 4.79 Å². The van der Waals surface area contributed by atoms with E-state index < -0.39 is 0 Å². The van der Waals surface area contributed by atoms with Crippen LogP contribution in [0.15, 0.2) is 23.6 Å². The van der Waals surface area contributed by atoms with Crippen molar-refractivity contribution in [1.29, 1.82) is 0 Å². The molecule has 1 aromatic heterocycles. The van der Waals surface area contributed by atoms with Crippen LogP contribution in [0.25, 0.3) is 0 Å². The second kappa shape index (κ2) is 4.42. The summed E-state index contributed by atoms with van der Waals surface area (Å²) in [4.78, 5) is 15.8. The Hall–Kier alpha value is -2.08. The van der Waals surface area contributed by atoms with Gasteiger partial charge in [-0.15, -0.1) is 11.3 Å². The standard InChI is InChI=1S/C11H11N3O2S/c1-6-13-10(5-17-6)11(16)14-9-3-2-7(15)4-8(9)12/h2-5,15H,12H2,1H3,(H,14,16). The molecular weight excluding hydrogens is 238 g/mol. The van der Waals surface area contributed by atoms with Crippen LogP contribution in [-0.4, -0.2) is 16.0 Å². The fourth-order valence-corrected chi connectivity index (χ4v) is 1.91. The van der Waals surface area contributed by atoms with Gasteiger partial charge in [0.05, 0.1) is 16.4 Å². The lowest BCUT2D eigenvalue weighted by molar-refractivity contribution is 0.102. The maximum Gasteiger partial charge on any atom is 0.275 e. The first-order valence-electron chi connectivity index (χ1n) is 4.88. The van der Waals surface area contributed by atoms with Gasteiger partial charge in [0.2, 0.25) is 0 Å². The monoisotopic (exact) mass is 249 g/mol.